The van der Waals surface area contributed by atoms with Crippen LogP contribution in [0.5, 0.6) is 0 Å². The van der Waals surface area contributed by atoms with Gasteiger partial charge in [-0.05, 0) is 38.3 Å². The molecule has 3 aliphatic rings. The van der Waals surface area contributed by atoms with Crippen molar-refractivity contribution >= 4 is 39.9 Å². The van der Waals surface area contributed by atoms with E-state index < -0.39 is 5.66 Å². The van der Waals surface area contributed by atoms with E-state index in [-0.39, 0.29) is 24.3 Å². The molecule has 1 aliphatic carbocycles. The standard InChI is InChI=1S/C20H20N4O3S/c1-20-9-8-17(26)24(20)15-5-3-2-4-13(15)18(27)23(20)10-16(25)22-19-21-14(11-28-19)12-6-7-12/h2-5,11-12H,6-10H2,1H3,(H,21,22,25)/t20-/m1/s1. The molecule has 28 heavy (non-hydrogen) atoms. The summed E-state index contributed by atoms with van der Waals surface area (Å²) in [6.45, 7) is 1.74. The number of nitrogens with zero attached hydrogens (tertiary/aromatic N) is 3. The Morgan fingerprint density at radius 2 is 2.11 bits per heavy atom. The molecule has 0 unspecified atom stereocenters. The molecule has 144 valence electrons. The molecule has 1 saturated heterocycles. The lowest BCUT2D eigenvalue weighted by Crippen LogP contribution is -2.63. The average Bonchev–Trinajstić information content (AvgIpc) is 3.35. The topological polar surface area (TPSA) is 82.6 Å². The summed E-state index contributed by atoms with van der Waals surface area (Å²) in [6, 6.07) is 7.09. The Kier molecular flexibility index (Phi) is 3.80. The van der Waals surface area contributed by atoms with Crippen LogP contribution in [0.15, 0.2) is 29.6 Å². The monoisotopic (exact) mass is 396 g/mol. The van der Waals surface area contributed by atoms with Gasteiger partial charge in [0.15, 0.2) is 5.13 Å². The summed E-state index contributed by atoms with van der Waals surface area (Å²) in [6.07, 6.45) is 3.16. The summed E-state index contributed by atoms with van der Waals surface area (Å²) >= 11 is 1.41. The van der Waals surface area contributed by atoms with Crippen LogP contribution in [0.25, 0.3) is 0 Å². The summed E-state index contributed by atoms with van der Waals surface area (Å²) in [4.78, 5) is 46.1. The zero-order valence-corrected chi connectivity index (χ0v) is 16.3. The molecule has 0 radical (unpaired) electrons. The van der Waals surface area contributed by atoms with Gasteiger partial charge >= 0.3 is 0 Å². The van der Waals surface area contributed by atoms with Crippen LogP contribution in [0.1, 0.15) is 54.6 Å². The molecule has 7 nitrogen and oxygen atoms in total. The van der Waals surface area contributed by atoms with Gasteiger partial charge in [-0.2, -0.15) is 0 Å². The molecule has 1 aromatic carbocycles. The third-order valence-corrected chi connectivity index (χ3v) is 6.59. The van der Waals surface area contributed by atoms with Gasteiger partial charge in [-0.1, -0.05) is 12.1 Å². The molecule has 1 atom stereocenters. The van der Waals surface area contributed by atoms with E-state index in [9.17, 15) is 14.4 Å². The van der Waals surface area contributed by atoms with E-state index in [0.29, 0.717) is 35.1 Å². The fourth-order valence-corrected chi connectivity index (χ4v) is 4.96. The highest BCUT2D eigenvalue weighted by Gasteiger charge is 2.53. The van der Waals surface area contributed by atoms with Gasteiger partial charge in [0.25, 0.3) is 5.91 Å². The van der Waals surface area contributed by atoms with Gasteiger partial charge < -0.3 is 10.2 Å². The Morgan fingerprint density at radius 1 is 1.32 bits per heavy atom. The highest BCUT2D eigenvalue weighted by atomic mass is 32.1. The first-order chi connectivity index (χ1) is 13.5. The van der Waals surface area contributed by atoms with Gasteiger partial charge in [-0.25, -0.2) is 4.98 Å². The minimum Gasteiger partial charge on any atom is -0.306 e. The lowest BCUT2D eigenvalue weighted by Gasteiger charge is -2.48. The molecule has 8 heteroatoms. The van der Waals surface area contributed by atoms with E-state index in [2.05, 4.69) is 10.3 Å². The summed E-state index contributed by atoms with van der Waals surface area (Å²) in [5.74, 6) is -0.0251. The lowest BCUT2D eigenvalue weighted by molar-refractivity contribution is -0.120. The lowest BCUT2D eigenvalue weighted by atomic mass is 9.98. The van der Waals surface area contributed by atoms with E-state index in [0.717, 1.165) is 18.5 Å². The van der Waals surface area contributed by atoms with Gasteiger partial charge in [0.05, 0.1) is 16.9 Å². The van der Waals surface area contributed by atoms with Crippen LogP contribution < -0.4 is 10.2 Å². The normalized spacial score (nSPS) is 23.6. The maximum absolute atomic E-state index is 13.2. The van der Waals surface area contributed by atoms with Gasteiger partial charge in [-0.15, -0.1) is 11.3 Å². The molecule has 3 heterocycles. The van der Waals surface area contributed by atoms with E-state index in [1.54, 1.807) is 23.1 Å². The van der Waals surface area contributed by atoms with Crippen LogP contribution in [0.3, 0.4) is 0 Å². The molecule has 0 spiro atoms. The summed E-state index contributed by atoms with van der Waals surface area (Å²) < 4.78 is 0. The quantitative estimate of drug-likeness (QED) is 0.861. The number of carbonyl (C=O) groups excluding carboxylic acids is 3. The number of rotatable bonds is 4. The zero-order valence-electron chi connectivity index (χ0n) is 15.5. The van der Waals surface area contributed by atoms with Crippen LogP contribution in [-0.4, -0.2) is 39.8 Å². The third-order valence-electron chi connectivity index (χ3n) is 5.81. The largest absolute Gasteiger partial charge is 0.306 e. The molecule has 3 amide bonds. The Hall–Kier alpha value is -2.74. The van der Waals surface area contributed by atoms with Crippen molar-refractivity contribution in [2.75, 3.05) is 16.8 Å². The molecule has 1 N–H and O–H groups in total. The van der Waals surface area contributed by atoms with E-state index in [1.807, 2.05) is 18.4 Å². The van der Waals surface area contributed by atoms with E-state index >= 15 is 0 Å². The van der Waals surface area contributed by atoms with Crippen molar-refractivity contribution in [1.82, 2.24) is 9.88 Å². The predicted octanol–water partition coefficient (Wildman–Crippen LogP) is 2.96. The number of para-hydroxylation sites is 1. The number of fused-ring (bicyclic) bond motifs is 3. The van der Waals surface area contributed by atoms with Crippen molar-refractivity contribution in [2.24, 2.45) is 0 Å². The number of carbonyl (C=O) groups is 3. The average molecular weight is 396 g/mol. The number of hydrogen-bond donors (Lipinski definition) is 1. The second kappa shape index (κ2) is 6.13. The van der Waals surface area contributed by atoms with E-state index in [4.69, 9.17) is 0 Å². The number of aromatic nitrogens is 1. The summed E-state index contributed by atoms with van der Waals surface area (Å²) in [5, 5.41) is 5.35. The number of amides is 3. The van der Waals surface area contributed by atoms with Crippen LogP contribution in [0.2, 0.25) is 0 Å². The van der Waals surface area contributed by atoms with E-state index in [1.165, 1.54) is 16.2 Å². The molecule has 1 saturated carbocycles. The maximum atomic E-state index is 13.2. The van der Waals surface area contributed by atoms with Gasteiger partial charge in [0.1, 0.15) is 12.2 Å². The SMILES string of the molecule is C[C@]12CCC(=O)N1c1ccccc1C(=O)N2CC(=O)Nc1nc(C2CC2)cs1. The highest BCUT2D eigenvalue weighted by Crippen LogP contribution is 2.44. The third kappa shape index (κ3) is 2.63. The fourth-order valence-electron chi connectivity index (χ4n) is 4.15. The number of anilines is 2. The first kappa shape index (κ1) is 17.4. The van der Waals surface area contributed by atoms with Crippen LogP contribution in [0, 0.1) is 0 Å². The highest BCUT2D eigenvalue weighted by molar-refractivity contribution is 7.13. The number of nitrogens with one attached hydrogen (secondary N) is 1. The van der Waals surface area contributed by atoms with Crippen molar-refractivity contribution in [1.29, 1.82) is 0 Å². The number of hydrogen-bond acceptors (Lipinski definition) is 5. The minimum atomic E-state index is -0.831. The Morgan fingerprint density at radius 3 is 2.89 bits per heavy atom. The summed E-state index contributed by atoms with van der Waals surface area (Å²) in [5.41, 5.74) is 1.28. The van der Waals surface area contributed by atoms with Crippen molar-refractivity contribution in [3.05, 3.63) is 40.9 Å². The fraction of sp³-hybridized carbons (Fsp3) is 0.400. The van der Waals surface area contributed by atoms with Gasteiger partial charge in [0, 0.05) is 17.7 Å². The molecule has 0 bridgehead atoms. The Bertz CT molecular complexity index is 999. The molecular weight excluding hydrogens is 376 g/mol. The molecular formula is C20H20N4O3S. The number of benzene rings is 1. The molecule has 1 aromatic heterocycles. The van der Waals surface area contributed by atoms with Gasteiger partial charge in [-0.3, -0.25) is 19.3 Å². The second-order valence-electron chi connectivity index (χ2n) is 7.75. The van der Waals surface area contributed by atoms with Crippen molar-refractivity contribution in [3.63, 3.8) is 0 Å². The van der Waals surface area contributed by atoms with Crippen LogP contribution in [-0.2, 0) is 9.59 Å². The zero-order chi connectivity index (χ0) is 19.5. The summed E-state index contributed by atoms with van der Waals surface area (Å²) in [7, 11) is 0. The van der Waals surface area contributed by atoms with Crippen molar-refractivity contribution in [3.8, 4) is 0 Å². The molecule has 2 aromatic rings. The van der Waals surface area contributed by atoms with Crippen molar-refractivity contribution < 1.29 is 14.4 Å². The molecule has 2 aliphatic heterocycles. The number of thiazole rings is 1. The first-order valence-corrected chi connectivity index (χ1v) is 10.3. The Balaban J connectivity index is 1.41. The van der Waals surface area contributed by atoms with Crippen LogP contribution >= 0.6 is 11.3 Å². The first-order valence-electron chi connectivity index (χ1n) is 9.47. The molecule has 5 rings (SSSR count). The van der Waals surface area contributed by atoms with Crippen LogP contribution in [0.4, 0.5) is 10.8 Å². The maximum Gasteiger partial charge on any atom is 0.258 e. The smallest absolute Gasteiger partial charge is 0.258 e. The van der Waals surface area contributed by atoms with Crippen molar-refractivity contribution in [2.45, 2.75) is 44.2 Å². The molecule has 2 fully saturated rings. The van der Waals surface area contributed by atoms with Gasteiger partial charge in [0.2, 0.25) is 11.8 Å². The minimum absolute atomic E-state index is 0.0261. The Labute approximate surface area is 166 Å². The second-order valence-corrected chi connectivity index (χ2v) is 8.61. The predicted molar refractivity (Wildman–Crippen MR) is 105 cm³/mol.